The van der Waals surface area contributed by atoms with Gasteiger partial charge in [0.1, 0.15) is 18.2 Å². The summed E-state index contributed by atoms with van der Waals surface area (Å²) in [5.74, 6) is 3.16. The number of aromatic nitrogens is 3. The molecule has 1 aromatic heterocycles. The number of aryl methyl sites for hydroxylation is 2. The van der Waals surface area contributed by atoms with E-state index >= 15 is 0 Å². The van der Waals surface area contributed by atoms with E-state index in [0.717, 1.165) is 69.9 Å². The van der Waals surface area contributed by atoms with Crippen molar-refractivity contribution in [1.29, 1.82) is 0 Å². The van der Waals surface area contributed by atoms with Crippen molar-refractivity contribution in [2.45, 2.75) is 58.5 Å². The number of piperidine rings is 1. The Morgan fingerprint density at radius 2 is 1.94 bits per heavy atom. The number of aliphatic imine (C=N–C) groups is 1. The molecule has 1 unspecified atom stereocenters. The molecule has 0 aliphatic carbocycles. The van der Waals surface area contributed by atoms with Crippen molar-refractivity contribution in [1.82, 2.24) is 30.3 Å². The Hall–Kier alpha value is -2.90. The van der Waals surface area contributed by atoms with E-state index in [1.165, 1.54) is 5.56 Å². The van der Waals surface area contributed by atoms with Crippen molar-refractivity contribution in [3.05, 3.63) is 47.5 Å². The zero-order chi connectivity index (χ0) is 22.3. The molecule has 8 nitrogen and oxygen atoms in total. The minimum atomic E-state index is 0.0617. The number of likely N-dealkylation sites (tertiary alicyclic amines) is 1. The molecule has 3 heterocycles. The van der Waals surface area contributed by atoms with E-state index in [4.69, 9.17) is 0 Å². The third kappa shape index (κ3) is 5.66. The smallest absolute Gasteiger partial charge is 0.244 e. The van der Waals surface area contributed by atoms with E-state index in [0.29, 0.717) is 11.9 Å². The zero-order valence-corrected chi connectivity index (χ0v) is 19.3. The Morgan fingerprint density at radius 1 is 1.16 bits per heavy atom. The Labute approximate surface area is 190 Å². The molecule has 1 amide bonds. The summed E-state index contributed by atoms with van der Waals surface area (Å²) in [6.45, 7) is 7.40. The second kappa shape index (κ2) is 10.6. The van der Waals surface area contributed by atoms with Crippen molar-refractivity contribution in [3.63, 3.8) is 0 Å². The molecule has 2 aliphatic rings. The normalized spacial score (nSPS) is 19.5. The Morgan fingerprint density at radius 3 is 2.69 bits per heavy atom. The molecule has 1 fully saturated rings. The average Bonchev–Trinajstić information content (AvgIpc) is 3.20. The largest absolute Gasteiger partial charge is 0.357 e. The van der Waals surface area contributed by atoms with Gasteiger partial charge in [-0.15, -0.1) is 0 Å². The van der Waals surface area contributed by atoms with E-state index in [2.05, 4.69) is 56.0 Å². The number of nitrogens with zero attached hydrogens (tertiary/aromatic N) is 5. The lowest BCUT2D eigenvalue weighted by Gasteiger charge is -2.32. The van der Waals surface area contributed by atoms with Crippen LogP contribution in [0.2, 0.25) is 0 Å². The Bertz CT molecular complexity index is 916. The summed E-state index contributed by atoms with van der Waals surface area (Å²) in [5.41, 5.74) is 1.39. The van der Waals surface area contributed by atoms with Gasteiger partial charge >= 0.3 is 0 Å². The number of hydrogen-bond donors (Lipinski definition) is 2. The highest BCUT2D eigenvalue weighted by Crippen LogP contribution is 2.23. The fraction of sp³-hybridized carbons (Fsp3) is 0.583. The molecule has 2 N–H and O–H groups in total. The van der Waals surface area contributed by atoms with Crippen LogP contribution in [-0.2, 0) is 17.8 Å². The lowest BCUT2D eigenvalue weighted by atomic mass is 9.90. The SMILES string of the molecule is CCNC(=NCC(=O)N1CCC(Cc2ccccc2)CC1)NC1CCCn2nc(C)nc21. The topological polar surface area (TPSA) is 87.4 Å². The third-order valence-corrected chi connectivity index (χ3v) is 6.34. The van der Waals surface area contributed by atoms with E-state index in [-0.39, 0.29) is 18.5 Å². The number of nitrogens with one attached hydrogen (secondary N) is 2. The van der Waals surface area contributed by atoms with E-state index in [9.17, 15) is 4.79 Å². The summed E-state index contributed by atoms with van der Waals surface area (Å²) in [4.78, 5) is 23.9. The van der Waals surface area contributed by atoms with E-state index in [1.807, 2.05) is 23.4 Å². The average molecular weight is 438 g/mol. The summed E-state index contributed by atoms with van der Waals surface area (Å²) in [7, 11) is 0. The molecule has 1 saturated heterocycles. The fourth-order valence-corrected chi connectivity index (χ4v) is 4.67. The maximum Gasteiger partial charge on any atom is 0.244 e. The van der Waals surface area contributed by atoms with Crippen molar-refractivity contribution >= 4 is 11.9 Å². The molecule has 0 bridgehead atoms. The molecule has 172 valence electrons. The predicted molar refractivity (Wildman–Crippen MR) is 125 cm³/mol. The minimum Gasteiger partial charge on any atom is -0.357 e. The van der Waals surface area contributed by atoms with Crippen LogP contribution >= 0.6 is 0 Å². The van der Waals surface area contributed by atoms with Gasteiger partial charge in [0, 0.05) is 26.2 Å². The van der Waals surface area contributed by atoms with Crippen LogP contribution in [0.5, 0.6) is 0 Å². The molecule has 2 aromatic rings. The third-order valence-electron chi connectivity index (χ3n) is 6.34. The molecule has 8 heteroatoms. The van der Waals surface area contributed by atoms with E-state index in [1.54, 1.807) is 0 Å². The molecule has 2 aliphatic heterocycles. The van der Waals surface area contributed by atoms with E-state index < -0.39 is 0 Å². The minimum absolute atomic E-state index is 0.0617. The second-order valence-corrected chi connectivity index (χ2v) is 8.79. The highest BCUT2D eigenvalue weighted by Gasteiger charge is 2.25. The first kappa shape index (κ1) is 22.3. The maximum absolute atomic E-state index is 12.8. The van der Waals surface area contributed by atoms with Crippen LogP contribution in [0.1, 0.15) is 55.9 Å². The summed E-state index contributed by atoms with van der Waals surface area (Å²) >= 11 is 0. The van der Waals surface area contributed by atoms with Crippen molar-refractivity contribution in [2.75, 3.05) is 26.2 Å². The van der Waals surface area contributed by atoms with Crippen LogP contribution in [0.3, 0.4) is 0 Å². The zero-order valence-electron chi connectivity index (χ0n) is 19.3. The van der Waals surface area contributed by atoms with Gasteiger partial charge in [0.2, 0.25) is 5.91 Å². The van der Waals surface area contributed by atoms with Gasteiger partial charge in [-0.1, -0.05) is 30.3 Å². The number of fused-ring (bicyclic) bond motifs is 1. The lowest BCUT2D eigenvalue weighted by Crippen LogP contribution is -2.43. The molecule has 0 spiro atoms. The van der Waals surface area contributed by atoms with Gasteiger partial charge < -0.3 is 15.5 Å². The molecule has 0 saturated carbocycles. The summed E-state index contributed by atoms with van der Waals surface area (Å²) in [6, 6.07) is 10.7. The quantitative estimate of drug-likeness (QED) is 0.535. The lowest BCUT2D eigenvalue weighted by molar-refractivity contribution is -0.130. The Kier molecular flexibility index (Phi) is 7.39. The number of hydrogen-bond acceptors (Lipinski definition) is 4. The van der Waals surface area contributed by atoms with Crippen molar-refractivity contribution in [2.24, 2.45) is 10.9 Å². The molecule has 1 atom stereocenters. The molecule has 0 radical (unpaired) electrons. The molecular formula is C24H35N7O. The van der Waals surface area contributed by atoms with Crippen molar-refractivity contribution < 1.29 is 4.79 Å². The molecule has 4 rings (SSSR count). The van der Waals surface area contributed by atoms with Crippen LogP contribution < -0.4 is 10.6 Å². The number of carbonyl (C=O) groups is 1. The summed E-state index contributed by atoms with van der Waals surface area (Å²) in [6.07, 6.45) is 5.23. The summed E-state index contributed by atoms with van der Waals surface area (Å²) in [5, 5.41) is 11.2. The second-order valence-electron chi connectivity index (χ2n) is 8.79. The maximum atomic E-state index is 12.8. The number of rotatable bonds is 6. The first-order valence-electron chi connectivity index (χ1n) is 11.9. The van der Waals surface area contributed by atoms with Gasteiger partial charge in [-0.25, -0.2) is 14.7 Å². The first-order chi connectivity index (χ1) is 15.6. The van der Waals surface area contributed by atoms with Crippen molar-refractivity contribution in [3.8, 4) is 0 Å². The Balaban J connectivity index is 1.29. The molecule has 1 aromatic carbocycles. The highest BCUT2D eigenvalue weighted by atomic mass is 16.2. The van der Waals surface area contributed by atoms with Crippen LogP contribution in [-0.4, -0.2) is 57.7 Å². The van der Waals surface area contributed by atoms with Gasteiger partial charge in [0.25, 0.3) is 0 Å². The van der Waals surface area contributed by atoms with Gasteiger partial charge in [-0.05, 0) is 57.4 Å². The van der Waals surface area contributed by atoms with Gasteiger partial charge in [0.05, 0.1) is 6.04 Å². The van der Waals surface area contributed by atoms with Crippen LogP contribution in [0.4, 0.5) is 0 Å². The van der Waals surface area contributed by atoms with Gasteiger partial charge in [-0.2, -0.15) is 5.10 Å². The molecular weight excluding hydrogens is 402 g/mol. The van der Waals surface area contributed by atoms with Gasteiger partial charge in [-0.3, -0.25) is 4.79 Å². The standard InChI is InChI=1S/C24H35N7O/c1-3-25-24(28-21-10-7-13-31-23(21)27-18(2)29-31)26-17-22(32)30-14-11-20(12-15-30)16-19-8-5-4-6-9-19/h4-6,8-9,20-21H,3,7,10-17H2,1-2H3,(H2,25,26,28). The van der Waals surface area contributed by atoms with Crippen LogP contribution in [0.25, 0.3) is 0 Å². The number of carbonyl (C=O) groups excluding carboxylic acids is 1. The van der Waals surface area contributed by atoms with Crippen LogP contribution in [0.15, 0.2) is 35.3 Å². The number of guanidine groups is 1. The molecule has 32 heavy (non-hydrogen) atoms. The predicted octanol–water partition coefficient (Wildman–Crippen LogP) is 2.46. The van der Waals surface area contributed by atoms with Crippen LogP contribution in [0, 0.1) is 12.8 Å². The summed E-state index contributed by atoms with van der Waals surface area (Å²) < 4.78 is 1.98. The monoisotopic (exact) mass is 437 g/mol. The number of amides is 1. The van der Waals surface area contributed by atoms with Gasteiger partial charge in [0.15, 0.2) is 5.96 Å². The highest BCUT2D eigenvalue weighted by molar-refractivity contribution is 5.85. The first-order valence-corrected chi connectivity index (χ1v) is 11.9. The fourth-order valence-electron chi connectivity index (χ4n) is 4.67. The number of benzene rings is 1.